The Morgan fingerprint density at radius 3 is 2.36 bits per heavy atom. The van der Waals surface area contributed by atoms with Crippen LogP contribution in [0.2, 0.25) is 10.0 Å². The minimum atomic E-state index is -4.81. The number of hydrogen-bond donors (Lipinski definition) is 1. The second-order valence-corrected chi connectivity index (χ2v) is 9.94. The van der Waals surface area contributed by atoms with Crippen LogP contribution in [0, 0.1) is 0 Å². The lowest BCUT2D eigenvalue weighted by atomic mass is 10.1. The zero-order valence-electron chi connectivity index (χ0n) is 16.9. The average molecular weight is 531 g/mol. The highest BCUT2D eigenvalue weighted by Crippen LogP contribution is 2.41. The zero-order chi connectivity index (χ0) is 23.9. The van der Waals surface area contributed by atoms with Crippen molar-refractivity contribution in [2.24, 2.45) is 0 Å². The molecule has 1 aliphatic heterocycles. The van der Waals surface area contributed by atoms with E-state index in [-0.39, 0.29) is 38.5 Å². The van der Waals surface area contributed by atoms with Crippen molar-refractivity contribution >= 4 is 52.6 Å². The zero-order valence-corrected chi connectivity index (χ0v) is 20.1. The van der Waals surface area contributed by atoms with Crippen LogP contribution in [0.1, 0.15) is 27.2 Å². The number of amides is 1. The minimum Gasteiger partial charge on any atom is -0.330 e. The number of rotatable bonds is 4. The second kappa shape index (κ2) is 9.29. The average Bonchev–Trinajstić information content (AvgIpc) is 3.18. The molecule has 172 valence electrons. The van der Waals surface area contributed by atoms with Crippen LogP contribution in [-0.2, 0) is 19.3 Å². The fraction of sp³-hybridized carbons (Fsp3) is 0.182. The number of nitrogens with one attached hydrogen (secondary N) is 1. The predicted octanol–water partition coefficient (Wildman–Crippen LogP) is 6.73. The first-order chi connectivity index (χ1) is 15.6. The first-order valence-corrected chi connectivity index (χ1v) is 12.3. The van der Waals surface area contributed by atoms with Crippen LogP contribution in [0.5, 0.6) is 0 Å². The van der Waals surface area contributed by atoms with Crippen LogP contribution in [0.4, 0.5) is 13.2 Å². The number of alkyl halides is 3. The Morgan fingerprint density at radius 2 is 1.73 bits per heavy atom. The molecule has 1 aliphatic rings. The molecule has 0 spiro atoms. The van der Waals surface area contributed by atoms with Crippen molar-refractivity contribution in [3.05, 3.63) is 85.2 Å². The second-order valence-electron chi connectivity index (χ2n) is 7.20. The number of halogens is 5. The van der Waals surface area contributed by atoms with E-state index in [2.05, 4.69) is 0 Å². The van der Waals surface area contributed by atoms with E-state index < -0.39 is 23.3 Å². The highest BCUT2D eigenvalue weighted by molar-refractivity contribution is 7.99. The summed E-state index contributed by atoms with van der Waals surface area (Å²) < 4.78 is 40.2. The number of fused-ring (bicyclic) bond motifs is 1. The van der Waals surface area contributed by atoms with Gasteiger partial charge in [0.2, 0.25) is 0 Å². The number of hydrogen-bond acceptors (Lipinski definition) is 4. The Balaban J connectivity index is 1.77. The number of benzene rings is 2. The largest absolute Gasteiger partial charge is 0.431 e. The number of thioether (sulfide) groups is 1. The van der Waals surface area contributed by atoms with Crippen LogP contribution in [0.15, 0.2) is 61.9 Å². The number of carbonyl (C=O) groups excluding carboxylic acids is 1. The first kappa shape index (κ1) is 24.1. The molecule has 0 atom stereocenters. The van der Waals surface area contributed by atoms with Gasteiger partial charge in [-0.25, -0.2) is 0 Å². The molecular weight excluding hydrogens is 516 g/mol. The molecule has 0 aliphatic carbocycles. The molecule has 0 saturated carbocycles. The van der Waals surface area contributed by atoms with Crippen molar-refractivity contribution in [2.45, 2.75) is 34.0 Å². The van der Waals surface area contributed by atoms with Crippen LogP contribution in [-0.4, -0.2) is 22.0 Å². The summed E-state index contributed by atoms with van der Waals surface area (Å²) in [5.74, 6) is -0.669. The van der Waals surface area contributed by atoms with Gasteiger partial charge < -0.3 is 9.88 Å². The van der Waals surface area contributed by atoms with Gasteiger partial charge in [-0.15, -0.1) is 11.8 Å². The van der Waals surface area contributed by atoms with Crippen molar-refractivity contribution < 1.29 is 18.0 Å². The fourth-order valence-electron chi connectivity index (χ4n) is 3.46. The maximum atomic E-state index is 13.4. The summed E-state index contributed by atoms with van der Waals surface area (Å²) in [6, 6.07) is 11.2. The summed E-state index contributed by atoms with van der Waals surface area (Å²) in [6.07, 6.45) is -2.87. The molecule has 0 unspecified atom stereocenters. The molecule has 4 rings (SSSR count). The standard InChI is InChI=1S/C22H15Cl2F3N2O2S2/c1-32-13-6-5-11-9-29(10-12(11)7-13)21(31)18-16(8-17(22(25,26)27)28-20(18)30)33-19-14(23)3-2-4-15(19)24/h2-8H,9-10H2,1H3,(H,28,30). The molecule has 33 heavy (non-hydrogen) atoms. The number of nitrogens with zero attached hydrogens (tertiary/aromatic N) is 1. The third-order valence-corrected chi connectivity index (χ3v) is 7.84. The van der Waals surface area contributed by atoms with E-state index in [1.54, 1.807) is 22.8 Å². The Hall–Kier alpha value is -2.07. The van der Waals surface area contributed by atoms with Crippen molar-refractivity contribution in [3.8, 4) is 0 Å². The Kier molecular flexibility index (Phi) is 6.77. The number of H-pyrrole nitrogens is 1. The Bertz CT molecular complexity index is 1290. The molecule has 0 saturated heterocycles. The molecule has 11 heteroatoms. The highest BCUT2D eigenvalue weighted by atomic mass is 35.5. The van der Waals surface area contributed by atoms with E-state index in [9.17, 15) is 22.8 Å². The molecule has 2 aromatic carbocycles. The van der Waals surface area contributed by atoms with E-state index in [1.807, 2.05) is 24.5 Å². The van der Waals surface area contributed by atoms with Crippen LogP contribution >= 0.6 is 46.7 Å². The van der Waals surface area contributed by atoms with Crippen molar-refractivity contribution in [1.82, 2.24) is 9.88 Å². The van der Waals surface area contributed by atoms with Gasteiger partial charge in [0.1, 0.15) is 11.3 Å². The molecule has 3 aromatic rings. The van der Waals surface area contributed by atoms with E-state index in [0.717, 1.165) is 33.9 Å². The molecular formula is C22H15Cl2F3N2O2S2. The normalized spacial score (nSPS) is 13.3. The lowest BCUT2D eigenvalue weighted by Gasteiger charge is -2.18. The van der Waals surface area contributed by atoms with Gasteiger partial charge >= 0.3 is 6.18 Å². The van der Waals surface area contributed by atoms with Gasteiger partial charge in [-0.1, -0.05) is 47.1 Å². The molecule has 0 fully saturated rings. The van der Waals surface area contributed by atoms with Gasteiger partial charge in [-0.3, -0.25) is 9.59 Å². The van der Waals surface area contributed by atoms with Crippen LogP contribution in [0.25, 0.3) is 0 Å². The number of aromatic amines is 1. The van der Waals surface area contributed by atoms with Gasteiger partial charge in [-0.05, 0) is 47.7 Å². The van der Waals surface area contributed by atoms with Crippen molar-refractivity contribution in [1.29, 1.82) is 0 Å². The predicted molar refractivity (Wildman–Crippen MR) is 124 cm³/mol. The van der Waals surface area contributed by atoms with E-state index >= 15 is 0 Å². The van der Waals surface area contributed by atoms with Crippen molar-refractivity contribution in [2.75, 3.05) is 6.26 Å². The van der Waals surface area contributed by atoms with Gasteiger partial charge in [0.05, 0.1) is 10.0 Å². The Labute approximate surface area is 205 Å². The first-order valence-electron chi connectivity index (χ1n) is 9.50. The SMILES string of the molecule is CSc1ccc2c(c1)CN(C(=O)c1c(Sc3c(Cl)cccc3Cl)cc(C(F)(F)F)[nH]c1=O)C2. The summed E-state index contributed by atoms with van der Waals surface area (Å²) in [5, 5.41) is 0.385. The third-order valence-electron chi connectivity index (χ3n) is 5.07. The van der Waals surface area contributed by atoms with E-state index in [0.29, 0.717) is 0 Å². The summed E-state index contributed by atoms with van der Waals surface area (Å²) in [5.41, 5.74) is -0.915. The molecule has 0 bridgehead atoms. The highest BCUT2D eigenvalue weighted by Gasteiger charge is 2.35. The maximum absolute atomic E-state index is 13.4. The molecule has 1 amide bonds. The summed E-state index contributed by atoms with van der Waals surface area (Å²) in [6.45, 7) is 0.500. The molecule has 1 aromatic heterocycles. The smallest absolute Gasteiger partial charge is 0.330 e. The minimum absolute atomic E-state index is 0.174. The lowest BCUT2D eigenvalue weighted by Crippen LogP contribution is -2.32. The number of pyridine rings is 1. The van der Waals surface area contributed by atoms with E-state index in [1.165, 1.54) is 17.0 Å². The third kappa shape index (κ3) is 4.91. The molecule has 0 radical (unpaired) electrons. The van der Waals surface area contributed by atoms with Gasteiger partial charge in [0.25, 0.3) is 11.5 Å². The van der Waals surface area contributed by atoms with Crippen LogP contribution in [0.3, 0.4) is 0 Å². The number of aromatic nitrogens is 1. The van der Waals surface area contributed by atoms with Gasteiger partial charge in [-0.2, -0.15) is 13.2 Å². The topological polar surface area (TPSA) is 53.2 Å². The lowest BCUT2D eigenvalue weighted by molar-refractivity contribution is -0.141. The molecule has 4 nitrogen and oxygen atoms in total. The molecule has 2 heterocycles. The van der Waals surface area contributed by atoms with Gasteiger partial charge in [0, 0.05) is 27.8 Å². The molecule has 1 N–H and O–H groups in total. The Morgan fingerprint density at radius 1 is 1.06 bits per heavy atom. The van der Waals surface area contributed by atoms with Crippen molar-refractivity contribution in [3.63, 3.8) is 0 Å². The maximum Gasteiger partial charge on any atom is 0.431 e. The summed E-state index contributed by atoms with van der Waals surface area (Å²) in [4.78, 5) is 30.5. The summed E-state index contributed by atoms with van der Waals surface area (Å²) in [7, 11) is 0. The van der Waals surface area contributed by atoms with E-state index in [4.69, 9.17) is 23.2 Å². The van der Waals surface area contributed by atoms with Gasteiger partial charge in [0.15, 0.2) is 0 Å². The fourth-order valence-corrected chi connectivity index (χ4v) is 5.56. The number of carbonyl (C=O) groups is 1. The quantitative estimate of drug-likeness (QED) is 0.380. The monoisotopic (exact) mass is 530 g/mol. The summed E-state index contributed by atoms with van der Waals surface area (Å²) >= 11 is 14.7. The van der Waals surface area contributed by atoms with Crippen LogP contribution < -0.4 is 5.56 Å².